The van der Waals surface area contributed by atoms with E-state index in [0.717, 1.165) is 5.56 Å². The monoisotopic (exact) mass is 332 g/mol. The second-order valence-corrected chi connectivity index (χ2v) is 5.41. The Balaban J connectivity index is 1.81. The molecule has 3 rings (SSSR count). The first-order chi connectivity index (χ1) is 12.1. The number of benzene rings is 2. The van der Waals surface area contributed by atoms with Crippen LogP contribution in [-0.2, 0) is 0 Å². The summed E-state index contributed by atoms with van der Waals surface area (Å²) in [5.41, 5.74) is 2.68. The second kappa shape index (κ2) is 7.35. The summed E-state index contributed by atoms with van der Waals surface area (Å²) < 4.78 is 0. The van der Waals surface area contributed by atoms with Crippen LogP contribution in [0.3, 0.4) is 0 Å². The van der Waals surface area contributed by atoms with E-state index in [1.54, 1.807) is 24.3 Å². The van der Waals surface area contributed by atoms with E-state index in [-0.39, 0.29) is 11.6 Å². The van der Waals surface area contributed by atoms with Crippen LogP contribution in [0.2, 0.25) is 0 Å². The number of carbonyl (C=O) groups is 2. The maximum atomic E-state index is 12.6. The number of carbonyl (C=O) groups excluding carboxylic acids is 2. The first-order valence-electron chi connectivity index (χ1n) is 7.68. The van der Waals surface area contributed by atoms with Crippen molar-refractivity contribution in [2.45, 2.75) is 6.92 Å². The Morgan fingerprint density at radius 3 is 2.52 bits per heavy atom. The highest BCUT2D eigenvalue weighted by Gasteiger charge is 2.15. The lowest BCUT2D eigenvalue weighted by atomic mass is 10.1. The van der Waals surface area contributed by atoms with Crippen LogP contribution in [0, 0.1) is 6.92 Å². The molecule has 124 valence electrons. The Labute approximate surface area is 145 Å². The van der Waals surface area contributed by atoms with Gasteiger partial charge in [-0.15, -0.1) is 0 Å². The van der Waals surface area contributed by atoms with Crippen LogP contribution in [0.25, 0.3) is 0 Å². The van der Waals surface area contributed by atoms with Gasteiger partial charge in [-0.3, -0.25) is 14.6 Å². The molecule has 0 saturated heterocycles. The Morgan fingerprint density at radius 2 is 1.76 bits per heavy atom. The third-order valence-electron chi connectivity index (χ3n) is 3.49. The van der Waals surface area contributed by atoms with Crippen LogP contribution >= 0.6 is 0 Å². The summed E-state index contributed by atoms with van der Waals surface area (Å²) in [6, 6.07) is 14.3. The Bertz CT molecular complexity index is 910. The number of amides is 2. The molecule has 1 aromatic heterocycles. The first-order valence-corrected chi connectivity index (χ1v) is 7.68. The molecule has 2 amide bonds. The number of nitrogens with one attached hydrogen (secondary N) is 2. The Hall–Kier alpha value is -3.54. The van der Waals surface area contributed by atoms with Crippen LogP contribution in [0.4, 0.5) is 11.4 Å². The molecule has 0 bridgehead atoms. The van der Waals surface area contributed by atoms with Gasteiger partial charge in [-0.25, -0.2) is 4.98 Å². The van der Waals surface area contributed by atoms with Crippen molar-refractivity contribution in [3.63, 3.8) is 0 Å². The van der Waals surface area contributed by atoms with Crippen molar-refractivity contribution in [1.29, 1.82) is 0 Å². The van der Waals surface area contributed by atoms with E-state index in [1.165, 1.54) is 18.6 Å². The molecule has 0 fully saturated rings. The predicted molar refractivity (Wildman–Crippen MR) is 95.6 cm³/mol. The van der Waals surface area contributed by atoms with Gasteiger partial charge >= 0.3 is 0 Å². The SMILES string of the molecule is Cc1cccc(NC(=O)c2ccccc2NC(=O)c2cnccn2)c1. The van der Waals surface area contributed by atoms with Crippen LogP contribution in [0.5, 0.6) is 0 Å². The zero-order valence-corrected chi connectivity index (χ0v) is 13.6. The van der Waals surface area contributed by atoms with Crippen molar-refractivity contribution >= 4 is 23.2 Å². The Kier molecular flexibility index (Phi) is 4.80. The molecule has 0 spiro atoms. The molecule has 0 saturated carbocycles. The minimum atomic E-state index is -0.427. The van der Waals surface area contributed by atoms with Gasteiger partial charge in [0.25, 0.3) is 11.8 Å². The second-order valence-electron chi connectivity index (χ2n) is 5.41. The quantitative estimate of drug-likeness (QED) is 0.768. The molecule has 0 aliphatic rings. The van der Waals surface area contributed by atoms with Crippen LogP contribution in [-0.4, -0.2) is 21.8 Å². The van der Waals surface area contributed by atoms with Crippen molar-refractivity contribution in [2.75, 3.05) is 10.6 Å². The number of anilines is 2. The standard InChI is InChI=1S/C19H16N4O2/c1-13-5-4-6-14(11-13)22-18(24)15-7-2-3-8-16(15)23-19(25)17-12-20-9-10-21-17/h2-12H,1H3,(H,22,24)(H,23,25). The molecule has 0 aliphatic carbocycles. The number of nitrogens with zero attached hydrogens (tertiary/aromatic N) is 2. The number of para-hydroxylation sites is 1. The smallest absolute Gasteiger partial charge is 0.275 e. The summed E-state index contributed by atoms with van der Waals surface area (Å²) in [6.45, 7) is 1.95. The van der Waals surface area contributed by atoms with E-state index in [9.17, 15) is 9.59 Å². The molecule has 2 aromatic carbocycles. The molecule has 0 atom stereocenters. The zero-order chi connectivity index (χ0) is 17.6. The lowest BCUT2D eigenvalue weighted by Crippen LogP contribution is -2.19. The van der Waals surface area contributed by atoms with Crippen LogP contribution in [0.15, 0.2) is 67.1 Å². The topological polar surface area (TPSA) is 84.0 Å². The molecule has 2 N–H and O–H groups in total. The Morgan fingerprint density at radius 1 is 0.920 bits per heavy atom. The van der Waals surface area contributed by atoms with E-state index in [1.807, 2.05) is 31.2 Å². The lowest BCUT2D eigenvalue weighted by Gasteiger charge is -2.11. The van der Waals surface area contributed by atoms with Gasteiger partial charge in [0.15, 0.2) is 0 Å². The summed E-state index contributed by atoms with van der Waals surface area (Å²) in [4.78, 5) is 32.6. The number of aromatic nitrogens is 2. The van der Waals surface area contributed by atoms with Crippen molar-refractivity contribution in [3.8, 4) is 0 Å². The summed E-state index contributed by atoms with van der Waals surface area (Å²) in [6.07, 6.45) is 4.29. The number of aryl methyl sites for hydroxylation is 1. The average molecular weight is 332 g/mol. The normalized spacial score (nSPS) is 10.1. The van der Waals surface area contributed by atoms with Gasteiger partial charge in [0.2, 0.25) is 0 Å². The highest BCUT2D eigenvalue weighted by molar-refractivity contribution is 6.12. The van der Waals surface area contributed by atoms with E-state index >= 15 is 0 Å². The molecule has 0 radical (unpaired) electrons. The molecule has 6 nitrogen and oxygen atoms in total. The lowest BCUT2D eigenvalue weighted by molar-refractivity contribution is 0.102. The maximum absolute atomic E-state index is 12.6. The minimum Gasteiger partial charge on any atom is -0.322 e. The molecule has 0 unspecified atom stereocenters. The molecular weight excluding hydrogens is 316 g/mol. The highest BCUT2D eigenvalue weighted by atomic mass is 16.2. The maximum Gasteiger partial charge on any atom is 0.275 e. The van der Waals surface area contributed by atoms with Crippen LogP contribution in [0.1, 0.15) is 26.4 Å². The summed E-state index contributed by atoms with van der Waals surface area (Å²) in [5, 5.41) is 5.54. The molecular formula is C19H16N4O2. The van der Waals surface area contributed by atoms with Crippen molar-refractivity contribution in [3.05, 3.63) is 83.9 Å². The van der Waals surface area contributed by atoms with Crippen molar-refractivity contribution < 1.29 is 9.59 Å². The van der Waals surface area contributed by atoms with Gasteiger partial charge in [0.1, 0.15) is 5.69 Å². The third kappa shape index (κ3) is 4.06. The van der Waals surface area contributed by atoms with Crippen LogP contribution < -0.4 is 10.6 Å². The van der Waals surface area contributed by atoms with E-state index in [2.05, 4.69) is 20.6 Å². The van der Waals surface area contributed by atoms with Gasteiger partial charge < -0.3 is 10.6 Å². The third-order valence-corrected chi connectivity index (χ3v) is 3.49. The van der Waals surface area contributed by atoms with Gasteiger partial charge in [0.05, 0.1) is 17.4 Å². The van der Waals surface area contributed by atoms with Gasteiger partial charge in [-0.05, 0) is 36.8 Å². The van der Waals surface area contributed by atoms with E-state index in [0.29, 0.717) is 16.9 Å². The summed E-state index contributed by atoms with van der Waals surface area (Å²) in [7, 11) is 0. The molecule has 25 heavy (non-hydrogen) atoms. The number of hydrogen-bond acceptors (Lipinski definition) is 4. The summed E-state index contributed by atoms with van der Waals surface area (Å²) >= 11 is 0. The van der Waals surface area contributed by atoms with E-state index in [4.69, 9.17) is 0 Å². The fraction of sp³-hybridized carbons (Fsp3) is 0.0526. The number of rotatable bonds is 4. The molecule has 1 heterocycles. The fourth-order valence-corrected chi connectivity index (χ4v) is 2.31. The van der Waals surface area contributed by atoms with Crippen molar-refractivity contribution in [1.82, 2.24) is 9.97 Å². The minimum absolute atomic E-state index is 0.177. The molecule has 6 heteroatoms. The zero-order valence-electron chi connectivity index (χ0n) is 13.6. The number of hydrogen-bond donors (Lipinski definition) is 2. The van der Waals surface area contributed by atoms with Gasteiger partial charge in [0, 0.05) is 18.1 Å². The van der Waals surface area contributed by atoms with Gasteiger partial charge in [-0.2, -0.15) is 0 Å². The summed E-state index contributed by atoms with van der Waals surface area (Å²) in [5.74, 6) is -0.732. The largest absolute Gasteiger partial charge is 0.322 e. The van der Waals surface area contributed by atoms with E-state index < -0.39 is 5.91 Å². The highest BCUT2D eigenvalue weighted by Crippen LogP contribution is 2.18. The molecule has 3 aromatic rings. The first kappa shape index (κ1) is 16.3. The van der Waals surface area contributed by atoms with Gasteiger partial charge in [-0.1, -0.05) is 24.3 Å². The fourth-order valence-electron chi connectivity index (χ4n) is 2.31. The predicted octanol–water partition coefficient (Wildman–Crippen LogP) is 3.29. The molecule has 0 aliphatic heterocycles. The van der Waals surface area contributed by atoms with Crippen molar-refractivity contribution in [2.24, 2.45) is 0 Å². The average Bonchev–Trinajstić information content (AvgIpc) is 2.63.